The number of nitrogens with one attached hydrogen (secondary N) is 2. The number of hydrogen-bond acceptors (Lipinski definition) is 3. The molecule has 0 aromatic rings. The molecule has 0 bridgehead atoms. The van der Waals surface area contributed by atoms with Gasteiger partial charge in [0.1, 0.15) is 0 Å². The van der Waals surface area contributed by atoms with E-state index in [1.807, 2.05) is 27.7 Å². The van der Waals surface area contributed by atoms with Crippen LogP contribution in [0, 0.1) is 16.7 Å². The molecule has 0 aromatic heterocycles. The van der Waals surface area contributed by atoms with Crippen molar-refractivity contribution in [3.8, 4) is 6.07 Å². The van der Waals surface area contributed by atoms with Crippen LogP contribution in [0.5, 0.6) is 0 Å². The van der Waals surface area contributed by atoms with Gasteiger partial charge in [0.2, 0.25) is 5.91 Å². The summed E-state index contributed by atoms with van der Waals surface area (Å²) < 4.78 is 0. The van der Waals surface area contributed by atoms with Crippen LogP contribution in [0.3, 0.4) is 0 Å². The molecule has 0 aliphatic rings. The third-order valence-electron chi connectivity index (χ3n) is 2.44. The first-order valence-corrected chi connectivity index (χ1v) is 6.29. The third-order valence-corrected chi connectivity index (χ3v) is 2.44. The monoisotopic (exact) mass is 239 g/mol. The molecule has 4 heteroatoms. The molecule has 98 valence electrons. The summed E-state index contributed by atoms with van der Waals surface area (Å²) in [6.07, 6.45) is 2.92. The van der Waals surface area contributed by atoms with E-state index >= 15 is 0 Å². The maximum Gasteiger partial charge on any atom is 0.234 e. The van der Waals surface area contributed by atoms with Crippen LogP contribution in [0.1, 0.15) is 47.0 Å². The maximum absolute atomic E-state index is 11.3. The average molecular weight is 239 g/mol. The highest BCUT2D eigenvalue weighted by Crippen LogP contribution is 2.21. The van der Waals surface area contributed by atoms with Crippen LogP contribution in [0.15, 0.2) is 0 Å². The molecule has 0 saturated carbocycles. The van der Waals surface area contributed by atoms with E-state index in [-0.39, 0.29) is 17.4 Å². The smallest absolute Gasteiger partial charge is 0.234 e. The van der Waals surface area contributed by atoms with Crippen LogP contribution in [0.4, 0.5) is 0 Å². The molecule has 0 unspecified atom stereocenters. The predicted octanol–water partition coefficient (Wildman–Crippen LogP) is 1.82. The van der Waals surface area contributed by atoms with Gasteiger partial charge in [-0.15, -0.1) is 0 Å². The van der Waals surface area contributed by atoms with E-state index in [9.17, 15) is 4.79 Å². The van der Waals surface area contributed by atoms with Crippen molar-refractivity contribution in [2.45, 2.75) is 53.0 Å². The highest BCUT2D eigenvalue weighted by atomic mass is 16.1. The quantitative estimate of drug-likeness (QED) is 0.635. The zero-order chi connectivity index (χ0) is 13.3. The lowest BCUT2D eigenvalue weighted by atomic mass is 9.89. The number of hydrogen-bond donors (Lipinski definition) is 2. The number of amides is 1. The fraction of sp³-hybridized carbons (Fsp3) is 0.846. The van der Waals surface area contributed by atoms with E-state index in [0.717, 1.165) is 25.8 Å². The summed E-state index contributed by atoms with van der Waals surface area (Å²) in [7, 11) is 0. The Kier molecular flexibility index (Phi) is 7.56. The van der Waals surface area contributed by atoms with E-state index in [1.54, 1.807) is 0 Å². The van der Waals surface area contributed by atoms with Gasteiger partial charge in [-0.05, 0) is 47.1 Å². The molecular weight excluding hydrogens is 214 g/mol. The Bertz CT molecular complexity index is 266. The van der Waals surface area contributed by atoms with Crippen molar-refractivity contribution >= 4 is 5.91 Å². The number of rotatable bonds is 8. The minimum absolute atomic E-state index is 0.0392. The summed E-state index contributed by atoms with van der Waals surface area (Å²) in [5.74, 6) is 0.0392. The zero-order valence-electron chi connectivity index (χ0n) is 11.5. The molecular formula is C13H25N3O. The standard InChI is InChI=1S/C13H25N3O/c1-11(2)16-12(17)9-15-8-6-5-7-13(3,4)10-14/h11,15H,5-9H2,1-4H3,(H,16,17). The Labute approximate surface area is 105 Å². The SMILES string of the molecule is CC(C)NC(=O)CNCCCCC(C)(C)C#N. The Morgan fingerprint density at radius 3 is 2.53 bits per heavy atom. The normalized spacial score (nSPS) is 11.3. The Morgan fingerprint density at radius 1 is 1.35 bits per heavy atom. The second-order valence-electron chi connectivity index (χ2n) is 5.35. The van der Waals surface area contributed by atoms with Gasteiger partial charge < -0.3 is 10.6 Å². The molecule has 0 rings (SSSR count). The maximum atomic E-state index is 11.3. The fourth-order valence-corrected chi connectivity index (χ4v) is 1.45. The second-order valence-corrected chi connectivity index (χ2v) is 5.35. The third kappa shape index (κ3) is 9.83. The average Bonchev–Trinajstić information content (AvgIpc) is 2.22. The van der Waals surface area contributed by atoms with Crippen LogP contribution < -0.4 is 10.6 Å². The molecule has 0 radical (unpaired) electrons. The number of nitrogens with zero attached hydrogens (tertiary/aromatic N) is 1. The van der Waals surface area contributed by atoms with E-state index in [2.05, 4.69) is 16.7 Å². The van der Waals surface area contributed by atoms with E-state index in [1.165, 1.54) is 0 Å². The topological polar surface area (TPSA) is 64.9 Å². The van der Waals surface area contributed by atoms with Crippen LogP contribution >= 0.6 is 0 Å². The van der Waals surface area contributed by atoms with Gasteiger partial charge in [-0.25, -0.2) is 0 Å². The van der Waals surface area contributed by atoms with Crippen LogP contribution in [-0.2, 0) is 4.79 Å². The fourth-order valence-electron chi connectivity index (χ4n) is 1.45. The van der Waals surface area contributed by atoms with Crippen LogP contribution in [-0.4, -0.2) is 25.0 Å². The van der Waals surface area contributed by atoms with Gasteiger partial charge >= 0.3 is 0 Å². The zero-order valence-corrected chi connectivity index (χ0v) is 11.5. The molecule has 0 atom stereocenters. The summed E-state index contributed by atoms with van der Waals surface area (Å²) in [6, 6.07) is 2.48. The molecule has 0 fully saturated rings. The van der Waals surface area contributed by atoms with Crippen molar-refractivity contribution in [3.63, 3.8) is 0 Å². The molecule has 4 nitrogen and oxygen atoms in total. The molecule has 17 heavy (non-hydrogen) atoms. The first-order valence-electron chi connectivity index (χ1n) is 6.29. The van der Waals surface area contributed by atoms with Crippen molar-refractivity contribution in [2.24, 2.45) is 5.41 Å². The summed E-state index contributed by atoms with van der Waals surface area (Å²) in [6.45, 7) is 9.00. The van der Waals surface area contributed by atoms with Gasteiger partial charge in [-0.1, -0.05) is 6.42 Å². The first kappa shape index (κ1) is 15.9. The summed E-state index contributed by atoms with van der Waals surface area (Å²) in [5, 5.41) is 14.8. The lowest BCUT2D eigenvalue weighted by Gasteiger charge is -2.14. The van der Waals surface area contributed by atoms with Gasteiger partial charge in [-0.2, -0.15) is 5.26 Å². The number of nitriles is 1. The largest absolute Gasteiger partial charge is 0.353 e. The second kappa shape index (κ2) is 8.08. The minimum atomic E-state index is -0.227. The van der Waals surface area contributed by atoms with Gasteiger partial charge in [0.25, 0.3) is 0 Å². The van der Waals surface area contributed by atoms with Gasteiger partial charge in [0.15, 0.2) is 0 Å². The lowest BCUT2D eigenvalue weighted by Crippen LogP contribution is -2.37. The Morgan fingerprint density at radius 2 is 2.00 bits per heavy atom. The minimum Gasteiger partial charge on any atom is -0.353 e. The molecule has 0 saturated heterocycles. The number of carbonyl (C=O) groups excluding carboxylic acids is 1. The first-order chi connectivity index (χ1) is 7.87. The van der Waals surface area contributed by atoms with Crippen molar-refractivity contribution < 1.29 is 4.79 Å². The lowest BCUT2D eigenvalue weighted by molar-refractivity contribution is -0.120. The van der Waals surface area contributed by atoms with E-state index in [4.69, 9.17) is 5.26 Å². The van der Waals surface area contributed by atoms with Crippen molar-refractivity contribution in [1.82, 2.24) is 10.6 Å². The van der Waals surface area contributed by atoms with Gasteiger partial charge in [0, 0.05) is 6.04 Å². The summed E-state index contributed by atoms with van der Waals surface area (Å²) in [5.41, 5.74) is -0.227. The van der Waals surface area contributed by atoms with Crippen molar-refractivity contribution in [2.75, 3.05) is 13.1 Å². The molecule has 2 N–H and O–H groups in total. The molecule has 0 aromatic carbocycles. The molecule has 1 amide bonds. The Hall–Kier alpha value is -1.08. The van der Waals surface area contributed by atoms with Gasteiger partial charge in [0.05, 0.1) is 18.0 Å². The molecule has 0 aliphatic carbocycles. The van der Waals surface area contributed by atoms with Crippen LogP contribution in [0.2, 0.25) is 0 Å². The van der Waals surface area contributed by atoms with Crippen molar-refractivity contribution in [3.05, 3.63) is 0 Å². The summed E-state index contributed by atoms with van der Waals surface area (Å²) >= 11 is 0. The summed E-state index contributed by atoms with van der Waals surface area (Å²) in [4.78, 5) is 11.3. The van der Waals surface area contributed by atoms with E-state index < -0.39 is 0 Å². The Balaban J connectivity index is 3.42. The van der Waals surface area contributed by atoms with E-state index in [0.29, 0.717) is 6.54 Å². The van der Waals surface area contributed by atoms with Crippen LogP contribution in [0.25, 0.3) is 0 Å². The highest BCUT2D eigenvalue weighted by molar-refractivity contribution is 5.78. The molecule has 0 aliphatic heterocycles. The number of carbonyl (C=O) groups is 1. The van der Waals surface area contributed by atoms with Crippen molar-refractivity contribution in [1.29, 1.82) is 5.26 Å². The van der Waals surface area contributed by atoms with Gasteiger partial charge in [-0.3, -0.25) is 4.79 Å². The highest BCUT2D eigenvalue weighted by Gasteiger charge is 2.15. The number of unbranched alkanes of at least 4 members (excludes halogenated alkanes) is 1. The predicted molar refractivity (Wildman–Crippen MR) is 69.4 cm³/mol. The molecule has 0 heterocycles. The molecule has 0 spiro atoms.